The van der Waals surface area contributed by atoms with E-state index in [-0.39, 0.29) is 5.91 Å². The van der Waals surface area contributed by atoms with Crippen molar-refractivity contribution in [3.63, 3.8) is 0 Å². The maximum absolute atomic E-state index is 13.2. The minimum atomic E-state index is -0.532. The van der Waals surface area contributed by atoms with E-state index in [9.17, 15) is 4.79 Å². The molecule has 1 amide bonds. The summed E-state index contributed by atoms with van der Waals surface area (Å²) in [7, 11) is 0. The molecule has 1 heterocycles. The Bertz CT molecular complexity index is 1140. The van der Waals surface area contributed by atoms with E-state index in [0.717, 1.165) is 27.9 Å². The van der Waals surface area contributed by atoms with Gasteiger partial charge in [0, 0.05) is 11.3 Å². The van der Waals surface area contributed by atoms with Crippen LogP contribution in [0.4, 0.5) is 5.69 Å². The molecule has 1 aromatic heterocycles. The highest BCUT2D eigenvalue weighted by atomic mass is 32.2. The van der Waals surface area contributed by atoms with Gasteiger partial charge >= 0.3 is 0 Å². The molecule has 1 N–H and O–H groups in total. The third kappa shape index (κ3) is 4.60. The van der Waals surface area contributed by atoms with Crippen molar-refractivity contribution in [3.05, 3.63) is 95.6 Å². The van der Waals surface area contributed by atoms with E-state index in [0.29, 0.717) is 11.1 Å². The second kappa shape index (κ2) is 8.97. The van der Waals surface area contributed by atoms with Crippen LogP contribution in [-0.2, 0) is 4.79 Å². The van der Waals surface area contributed by atoms with E-state index in [2.05, 4.69) is 15.5 Å². The fraction of sp³-hybridized carbons (Fsp3) is 0.125. The number of nitrogens with one attached hydrogen (secondary N) is 1. The highest BCUT2D eigenvalue weighted by Gasteiger charge is 2.25. The summed E-state index contributed by atoms with van der Waals surface area (Å²) < 4.78 is 5.83. The van der Waals surface area contributed by atoms with Crippen molar-refractivity contribution in [3.8, 4) is 11.5 Å². The van der Waals surface area contributed by atoms with Crippen LogP contribution in [0, 0.1) is 13.8 Å². The lowest BCUT2D eigenvalue weighted by Gasteiger charge is -2.16. The molecule has 1 atom stereocenters. The third-order valence-corrected chi connectivity index (χ3v) is 5.73. The summed E-state index contributed by atoms with van der Waals surface area (Å²) in [6, 6.07) is 25.2. The van der Waals surface area contributed by atoms with Crippen LogP contribution in [0.3, 0.4) is 0 Å². The number of thioether (sulfide) groups is 1. The van der Waals surface area contributed by atoms with Crippen LogP contribution >= 0.6 is 11.8 Å². The van der Waals surface area contributed by atoms with E-state index >= 15 is 0 Å². The van der Waals surface area contributed by atoms with E-state index in [4.69, 9.17) is 4.42 Å². The highest BCUT2D eigenvalue weighted by molar-refractivity contribution is 8.00. The molecule has 150 valence electrons. The van der Waals surface area contributed by atoms with Crippen molar-refractivity contribution in [2.45, 2.75) is 24.3 Å². The predicted octanol–water partition coefficient (Wildman–Crippen LogP) is 5.83. The fourth-order valence-corrected chi connectivity index (χ4v) is 3.90. The third-order valence-electron chi connectivity index (χ3n) is 4.64. The van der Waals surface area contributed by atoms with Crippen molar-refractivity contribution >= 4 is 23.4 Å². The maximum Gasteiger partial charge on any atom is 0.277 e. The number of anilines is 1. The molecule has 0 bridgehead atoms. The van der Waals surface area contributed by atoms with Crippen molar-refractivity contribution in [1.82, 2.24) is 10.2 Å². The van der Waals surface area contributed by atoms with Crippen molar-refractivity contribution < 1.29 is 9.21 Å². The summed E-state index contributed by atoms with van der Waals surface area (Å²) in [6.07, 6.45) is 0. The van der Waals surface area contributed by atoms with Crippen molar-refractivity contribution in [2.24, 2.45) is 0 Å². The molecule has 1 unspecified atom stereocenters. The molecular formula is C24H21N3O2S. The van der Waals surface area contributed by atoms with E-state index in [1.54, 1.807) is 0 Å². The summed E-state index contributed by atoms with van der Waals surface area (Å²) in [5.41, 5.74) is 4.61. The molecule has 6 heteroatoms. The fourth-order valence-electron chi connectivity index (χ4n) is 3.03. The number of carbonyl (C=O) groups is 1. The van der Waals surface area contributed by atoms with Crippen molar-refractivity contribution in [2.75, 3.05) is 5.32 Å². The highest BCUT2D eigenvalue weighted by Crippen LogP contribution is 2.36. The van der Waals surface area contributed by atoms with Crippen LogP contribution in [0.5, 0.6) is 0 Å². The monoisotopic (exact) mass is 415 g/mol. The number of aromatic nitrogens is 2. The minimum absolute atomic E-state index is 0.139. The first-order chi connectivity index (χ1) is 14.6. The first kappa shape index (κ1) is 19.9. The normalized spacial score (nSPS) is 11.8. The number of hydrogen-bond acceptors (Lipinski definition) is 5. The first-order valence-electron chi connectivity index (χ1n) is 9.59. The van der Waals surface area contributed by atoms with Gasteiger partial charge in [-0.1, -0.05) is 60.7 Å². The van der Waals surface area contributed by atoms with Gasteiger partial charge in [-0.15, -0.1) is 10.2 Å². The topological polar surface area (TPSA) is 68.0 Å². The molecular weight excluding hydrogens is 394 g/mol. The molecule has 4 aromatic rings. The Morgan fingerprint density at radius 2 is 1.63 bits per heavy atom. The molecule has 5 nitrogen and oxygen atoms in total. The molecule has 4 rings (SSSR count). The second-order valence-corrected chi connectivity index (χ2v) is 8.01. The standard InChI is InChI=1S/C24H21N3O2S/c1-16-13-14-17(2)20(15-16)25-22(28)21(18-9-5-3-6-10-18)30-24-27-26-23(29-24)19-11-7-4-8-12-19/h3-15,21H,1-2H3,(H,25,28). The Hall–Kier alpha value is -3.38. The van der Waals surface area contributed by atoms with E-state index < -0.39 is 5.25 Å². The number of hydrogen-bond donors (Lipinski definition) is 1. The Morgan fingerprint density at radius 1 is 0.933 bits per heavy atom. The molecule has 0 radical (unpaired) electrons. The van der Waals surface area contributed by atoms with Crippen LogP contribution in [0.2, 0.25) is 0 Å². The Kier molecular flexibility index (Phi) is 5.95. The SMILES string of the molecule is Cc1ccc(C)c(NC(=O)C(Sc2nnc(-c3ccccc3)o2)c2ccccc2)c1. The number of aryl methyl sites for hydroxylation is 2. The van der Waals surface area contributed by atoms with E-state index in [1.165, 1.54) is 11.8 Å². The molecule has 0 spiro atoms. The zero-order valence-electron chi connectivity index (χ0n) is 16.7. The summed E-state index contributed by atoms with van der Waals surface area (Å²) >= 11 is 1.24. The molecule has 0 aliphatic heterocycles. The number of benzene rings is 3. The van der Waals surface area contributed by atoms with Gasteiger partial charge in [-0.2, -0.15) is 0 Å². The van der Waals surface area contributed by atoms with Gasteiger partial charge in [0.2, 0.25) is 11.8 Å². The lowest BCUT2D eigenvalue weighted by molar-refractivity contribution is -0.115. The van der Waals surface area contributed by atoms with Gasteiger partial charge in [0.05, 0.1) is 0 Å². The smallest absolute Gasteiger partial charge is 0.277 e. The predicted molar refractivity (Wildman–Crippen MR) is 119 cm³/mol. The molecule has 30 heavy (non-hydrogen) atoms. The van der Waals surface area contributed by atoms with Gasteiger partial charge in [-0.25, -0.2) is 0 Å². The summed E-state index contributed by atoms with van der Waals surface area (Å²) in [5, 5.41) is 11.2. The van der Waals surface area contributed by atoms with Crippen LogP contribution in [-0.4, -0.2) is 16.1 Å². The van der Waals surface area contributed by atoms with E-state index in [1.807, 2.05) is 92.7 Å². The second-order valence-electron chi connectivity index (χ2n) is 6.96. The molecule has 0 aliphatic carbocycles. The van der Waals surface area contributed by atoms with Gasteiger partial charge in [0.15, 0.2) is 0 Å². The quantitative estimate of drug-likeness (QED) is 0.402. The summed E-state index contributed by atoms with van der Waals surface area (Å²) in [5.74, 6) is 0.291. The number of carbonyl (C=O) groups excluding carboxylic acids is 1. The van der Waals surface area contributed by atoms with Crippen LogP contribution < -0.4 is 5.32 Å². The maximum atomic E-state index is 13.2. The average molecular weight is 416 g/mol. The average Bonchev–Trinajstić information content (AvgIpc) is 3.24. The molecule has 3 aromatic carbocycles. The van der Waals surface area contributed by atoms with Crippen molar-refractivity contribution in [1.29, 1.82) is 0 Å². The summed E-state index contributed by atoms with van der Waals surface area (Å²) in [4.78, 5) is 13.2. The molecule has 0 saturated carbocycles. The number of amides is 1. The van der Waals surface area contributed by atoms with Gasteiger partial charge in [0.1, 0.15) is 5.25 Å². The zero-order valence-corrected chi connectivity index (χ0v) is 17.5. The molecule has 0 aliphatic rings. The Morgan fingerprint density at radius 3 is 2.37 bits per heavy atom. The van der Waals surface area contributed by atoms with Gasteiger partial charge in [-0.05, 0) is 60.5 Å². The van der Waals surface area contributed by atoms with Gasteiger partial charge < -0.3 is 9.73 Å². The van der Waals surface area contributed by atoms with Crippen LogP contribution in [0.25, 0.3) is 11.5 Å². The molecule has 0 saturated heterocycles. The lowest BCUT2D eigenvalue weighted by atomic mass is 10.1. The Balaban J connectivity index is 1.60. The first-order valence-corrected chi connectivity index (χ1v) is 10.5. The largest absolute Gasteiger partial charge is 0.411 e. The number of rotatable bonds is 6. The number of nitrogens with zero attached hydrogens (tertiary/aromatic N) is 2. The minimum Gasteiger partial charge on any atom is -0.411 e. The van der Waals surface area contributed by atoms with Crippen LogP contribution in [0.15, 0.2) is 88.5 Å². The summed E-state index contributed by atoms with van der Waals surface area (Å²) in [6.45, 7) is 3.98. The Labute approximate surface area is 179 Å². The van der Waals surface area contributed by atoms with Crippen LogP contribution in [0.1, 0.15) is 21.9 Å². The molecule has 0 fully saturated rings. The zero-order chi connectivity index (χ0) is 20.9. The van der Waals surface area contributed by atoms with Gasteiger partial charge in [-0.3, -0.25) is 4.79 Å². The lowest BCUT2D eigenvalue weighted by Crippen LogP contribution is -2.19. The van der Waals surface area contributed by atoms with Gasteiger partial charge in [0.25, 0.3) is 5.22 Å².